The summed E-state index contributed by atoms with van der Waals surface area (Å²) in [7, 11) is 0. The van der Waals surface area contributed by atoms with Crippen LogP contribution in [0.4, 0.5) is 5.95 Å². The normalized spacial score (nSPS) is 17.5. The van der Waals surface area contributed by atoms with Crippen LogP contribution in [-0.2, 0) is 14.3 Å². The molecule has 192 valence electrons. The van der Waals surface area contributed by atoms with E-state index in [1.54, 1.807) is 11.8 Å². The summed E-state index contributed by atoms with van der Waals surface area (Å²) in [5.41, 5.74) is 2.52. The summed E-state index contributed by atoms with van der Waals surface area (Å²) in [6, 6.07) is 15.0. The average molecular weight is 492 g/mol. The topological polar surface area (TPSA) is 73.7 Å². The maximum atomic E-state index is 13.9. The zero-order valence-corrected chi connectivity index (χ0v) is 21.8. The third-order valence-electron chi connectivity index (χ3n) is 6.66. The fraction of sp³-hybridized carbons (Fsp3) is 0.483. The van der Waals surface area contributed by atoms with E-state index in [9.17, 15) is 9.59 Å². The summed E-state index contributed by atoms with van der Waals surface area (Å²) in [4.78, 5) is 33.7. The molecule has 1 amide bonds. The Morgan fingerprint density at radius 2 is 1.81 bits per heavy atom. The lowest BCUT2D eigenvalue weighted by atomic mass is 9.89. The van der Waals surface area contributed by atoms with Gasteiger partial charge in [-0.2, -0.15) is 0 Å². The van der Waals surface area contributed by atoms with Gasteiger partial charge in [0.15, 0.2) is 5.92 Å². The Morgan fingerprint density at radius 3 is 2.50 bits per heavy atom. The van der Waals surface area contributed by atoms with Crippen molar-refractivity contribution in [3.63, 3.8) is 0 Å². The minimum atomic E-state index is -0.996. The van der Waals surface area contributed by atoms with Gasteiger partial charge in [-0.25, -0.2) is 4.98 Å². The number of esters is 1. The number of nitrogens with zero attached hydrogens (tertiary/aromatic N) is 3. The molecule has 0 bridgehead atoms. The Labute approximate surface area is 213 Å². The van der Waals surface area contributed by atoms with Crippen LogP contribution in [-0.4, -0.2) is 41.2 Å². The number of anilines is 1. The molecule has 0 aliphatic carbocycles. The summed E-state index contributed by atoms with van der Waals surface area (Å²) in [5, 5.41) is 0. The number of aromatic nitrogens is 2. The van der Waals surface area contributed by atoms with Gasteiger partial charge in [0.05, 0.1) is 30.3 Å². The van der Waals surface area contributed by atoms with E-state index in [0.29, 0.717) is 25.0 Å². The first-order valence-corrected chi connectivity index (χ1v) is 13.1. The van der Waals surface area contributed by atoms with Crippen LogP contribution in [0, 0.1) is 11.8 Å². The van der Waals surface area contributed by atoms with E-state index in [0.717, 1.165) is 48.0 Å². The maximum Gasteiger partial charge on any atom is 0.321 e. The molecule has 0 unspecified atom stereocenters. The number of amides is 1. The van der Waals surface area contributed by atoms with Gasteiger partial charge in [0.2, 0.25) is 11.9 Å². The molecule has 36 heavy (non-hydrogen) atoms. The second-order valence-electron chi connectivity index (χ2n) is 9.74. The monoisotopic (exact) mass is 491 g/mol. The van der Waals surface area contributed by atoms with Crippen LogP contribution in [0.15, 0.2) is 48.5 Å². The minimum absolute atomic E-state index is 0.214. The zero-order valence-electron chi connectivity index (χ0n) is 21.8. The number of ether oxygens (including phenoxy) is 2. The summed E-state index contributed by atoms with van der Waals surface area (Å²) in [5.74, 6) is 0.162. The number of unbranched alkanes of at least 4 members (excludes halogenated alkanes) is 2. The van der Waals surface area contributed by atoms with E-state index < -0.39 is 17.9 Å². The van der Waals surface area contributed by atoms with Crippen LogP contribution < -0.4 is 9.64 Å². The number of carbonyl (C=O) groups is 2. The van der Waals surface area contributed by atoms with Crippen molar-refractivity contribution in [2.75, 3.05) is 24.7 Å². The summed E-state index contributed by atoms with van der Waals surface area (Å²) < 4.78 is 13.4. The van der Waals surface area contributed by atoms with Crippen molar-refractivity contribution in [2.45, 2.75) is 59.4 Å². The lowest BCUT2D eigenvalue weighted by Gasteiger charge is -2.38. The fourth-order valence-electron chi connectivity index (χ4n) is 4.75. The summed E-state index contributed by atoms with van der Waals surface area (Å²) in [6.07, 6.45) is 3.85. The first kappa shape index (κ1) is 25.7. The van der Waals surface area contributed by atoms with Crippen LogP contribution in [0.1, 0.15) is 65.0 Å². The van der Waals surface area contributed by atoms with E-state index in [-0.39, 0.29) is 12.5 Å². The quantitative estimate of drug-likeness (QED) is 0.193. The molecule has 1 aliphatic rings. The molecule has 0 saturated heterocycles. The molecule has 7 heteroatoms. The number of hydrogen-bond donors (Lipinski definition) is 0. The molecule has 4 rings (SSSR count). The molecule has 3 aromatic rings. The lowest BCUT2D eigenvalue weighted by Crippen LogP contribution is -2.50. The van der Waals surface area contributed by atoms with Crippen LogP contribution >= 0.6 is 0 Å². The maximum absolute atomic E-state index is 13.9. The molecule has 0 radical (unpaired) electrons. The molecule has 1 aromatic heterocycles. The SMILES string of the molecule is CCCCCN1C(=O)[C@H](C(=O)OCC)[C@@H](c2ccc(OCCC(C)C)cc2)n2c1nc1ccccc12. The van der Waals surface area contributed by atoms with Crippen LogP contribution in [0.5, 0.6) is 5.75 Å². The van der Waals surface area contributed by atoms with Crippen molar-refractivity contribution in [1.29, 1.82) is 0 Å². The predicted octanol–water partition coefficient (Wildman–Crippen LogP) is 5.77. The number of carbonyl (C=O) groups excluding carboxylic acids is 2. The molecule has 0 spiro atoms. The first-order chi connectivity index (χ1) is 17.5. The molecule has 0 saturated carbocycles. The van der Waals surface area contributed by atoms with Crippen molar-refractivity contribution in [1.82, 2.24) is 9.55 Å². The smallest absolute Gasteiger partial charge is 0.321 e. The number of benzene rings is 2. The molecule has 2 atom stereocenters. The second-order valence-corrected chi connectivity index (χ2v) is 9.74. The molecule has 0 fully saturated rings. The largest absolute Gasteiger partial charge is 0.494 e. The van der Waals surface area contributed by atoms with Crippen molar-refractivity contribution in [3.05, 3.63) is 54.1 Å². The number of fused-ring (bicyclic) bond motifs is 3. The second kappa shape index (κ2) is 11.6. The molecule has 0 N–H and O–H groups in total. The van der Waals surface area contributed by atoms with Crippen LogP contribution in [0.25, 0.3) is 11.0 Å². The van der Waals surface area contributed by atoms with Crippen molar-refractivity contribution >= 4 is 28.9 Å². The molecular formula is C29H37N3O4. The van der Waals surface area contributed by atoms with Gasteiger partial charge in [0.1, 0.15) is 5.75 Å². The van der Waals surface area contributed by atoms with Gasteiger partial charge >= 0.3 is 5.97 Å². The molecular weight excluding hydrogens is 454 g/mol. The van der Waals surface area contributed by atoms with Crippen molar-refractivity contribution in [3.8, 4) is 5.75 Å². The molecule has 2 heterocycles. The predicted molar refractivity (Wildman–Crippen MR) is 141 cm³/mol. The van der Waals surface area contributed by atoms with E-state index in [2.05, 4.69) is 20.8 Å². The standard InChI is InChI=1S/C29H37N3O4/c1-5-7-10-18-31-27(33)25(28(34)35-6-2)26(32-24-12-9-8-11-23(24)30-29(31)32)21-13-15-22(16-14-21)36-19-17-20(3)4/h8-9,11-16,20,25-26H,5-7,10,17-19H2,1-4H3/t25-,26-/m1/s1. The highest BCUT2D eigenvalue weighted by Gasteiger charge is 2.47. The van der Waals surface area contributed by atoms with Gasteiger partial charge in [-0.15, -0.1) is 0 Å². The van der Waals surface area contributed by atoms with Gasteiger partial charge < -0.3 is 14.0 Å². The third kappa shape index (κ3) is 5.25. The van der Waals surface area contributed by atoms with Gasteiger partial charge in [-0.05, 0) is 55.5 Å². The van der Waals surface area contributed by atoms with E-state index in [4.69, 9.17) is 14.5 Å². The van der Waals surface area contributed by atoms with Crippen molar-refractivity contribution < 1.29 is 19.1 Å². The van der Waals surface area contributed by atoms with E-state index in [1.807, 2.05) is 53.1 Å². The van der Waals surface area contributed by atoms with Gasteiger partial charge in [-0.1, -0.05) is 57.9 Å². The van der Waals surface area contributed by atoms with Gasteiger partial charge in [0, 0.05) is 6.54 Å². The number of imidazole rings is 1. The number of hydrogen-bond acceptors (Lipinski definition) is 5. The first-order valence-electron chi connectivity index (χ1n) is 13.1. The fourth-order valence-corrected chi connectivity index (χ4v) is 4.75. The van der Waals surface area contributed by atoms with Crippen molar-refractivity contribution in [2.24, 2.45) is 11.8 Å². The van der Waals surface area contributed by atoms with Gasteiger partial charge in [-0.3, -0.25) is 14.5 Å². The molecule has 7 nitrogen and oxygen atoms in total. The Hall–Kier alpha value is -3.35. The molecule has 2 aromatic carbocycles. The highest BCUT2D eigenvalue weighted by molar-refractivity contribution is 6.08. The summed E-state index contributed by atoms with van der Waals surface area (Å²) >= 11 is 0. The molecule has 1 aliphatic heterocycles. The number of para-hydroxylation sites is 2. The van der Waals surface area contributed by atoms with Crippen LogP contribution in [0.2, 0.25) is 0 Å². The Morgan fingerprint density at radius 1 is 1.06 bits per heavy atom. The highest BCUT2D eigenvalue weighted by atomic mass is 16.5. The highest BCUT2D eigenvalue weighted by Crippen LogP contribution is 2.41. The number of rotatable bonds is 11. The third-order valence-corrected chi connectivity index (χ3v) is 6.66. The average Bonchev–Trinajstić information content (AvgIpc) is 3.24. The summed E-state index contributed by atoms with van der Waals surface area (Å²) in [6.45, 7) is 9.60. The van der Waals surface area contributed by atoms with E-state index in [1.165, 1.54) is 0 Å². The van der Waals surface area contributed by atoms with Crippen LogP contribution in [0.3, 0.4) is 0 Å². The Kier molecular flexibility index (Phi) is 8.28. The Bertz CT molecular complexity index is 1180. The Balaban J connectivity index is 1.79. The minimum Gasteiger partial charge on any atom is -0.494 e. The van der Waals surface area contributed by atoms with E-state index >= 15 is 0 Å². The van der Waals surface area contributed by atoms with Gasteiger partial charge in [0.25, 0.3) is 0 Å². The lowest BCUT2D eigenvalue weighted by molar-refractivity contribution is -0.153. The zero-order chi connectivity index (χ0) is 25.7.